The van der Waals surface area contributed by atoms with Crippen LogP contribution in [0.4, 0.5) is 17.1 Å². The molecule has 0 saturated carbocycles. The maximum Gasteiger partial charge on any atom is 0.0714 e. The zero-order valence-electron chi connectivity index (χ0n) is 40.3. The molecule has 0 aliphatic heterocycles. The Morgan fingerprint density at radius 3 is 1.52 bits per heavy atom. The Labute approximate surface area is 406 Å². The Balaban J connectivity index is 0.951. The minimum absolute atomic E-state index is 0.0785. The first-order valence-corrected chi connectivity index (χ1v) is 24.4. The second-order valence-corrected chi connectivity index (χ2v) is 21.0. The van der Waals surface area contributed by atoms with Crippen LogP contribution in [0.2, 0.25) is 0 Å². The lowest BCUT2D eigenvalue weighted by atomic mass is 9.67. The van der Waals surface area contributed by atoms with Gasteiger partial charge < -0.3 is 9.47 Å². The van der Waals surface area contributed by atoms with Crippen LogP contribution in [-0.4, -0.2) is 4.57 Å². The first-order valence-electron chi connectivity index (χ1n) is 24.4. The number of rotatable bonds is 7. The van der Waals surface area contributed by atoms with E-state index in [9.17, 15) is 0 Å². The van der Waals surface area contributed by atoms with Crippen LogP contribution in [0.15, 0.2) is 231 Å². The molecule has 0 fully saturated rings. The molecule has 2 heteroatoms. The minimum atomic E-state index is -0.471. The molecule has 12 rings (SSSR count). The van der Waals surface area contributed by atoms with Crippen molar-refractivity contribution in [2.45, 2.75) is 57.8 Å². The Morgan fingerprint density at radius 2 is 0.870 bits per heavy atom. The Hall–Kier alpha value is -7.94. The van der Waals surface area contributed by atoms with Gasteiger partial charge in [-0.2, -0.15) is 0 Å². The maximum absolute atomic E-state index is 2.47. The molecule has 0 atom stereocenters. The van der Waals surface area contributed by atoms with E-state index in [1.165, 1.54) is 88.2 Å². The molecule has 10 aromatic carbocycles. The number of para-hydroxylation sites is 1. The maximum atomic E-state index is 2.47. The Bertz CT molecular complexity index is 3620. The monoisotopic (exact) mass is 888 g/mol. The van der Waals surface area contributed by atoms with Gasteiger partial charge in [-0.3, -0.25) is 0 Å². The summed E-state index contributed by atoms with van der Waals surface area (Å²) in [4.78, 5) is 2.39. The van der Waals surface area contributed by atoms with E-state index in [1.54, 1.807) is 0 Å². The van der Waals surface area contributed by atoms with Gasteiger partial charge in [0.1, 0.15) is 0 Å². The van der Waals surface area contributed by atoms with Crippen molar-refractivity contribution < 1.29 is 0 Å². The number of aromatic nitrogens is 1. The summed E-state index contributed by atoms with van der Waals surface area (Å²) in [5.41, 5.74) is 19.5. The molecule has 1 aromatic heterocycles. The van der Waals surface area contributed by atoms with Gasteiger partial charge in [0.15, 0.2) is 0 Å². The molecular formula is C67H56N2. The van der Waals surface area contributed by atoms with Gasteiger partial charge >= 0.3 is 0 Å². The Kier molecular flexibility index (Phi) is 9.90. The van der Waals surface area contributed by atoms with Gasteiger partial charge in [-0.25, -0.2) is 0 Å². The van der Waals surface area contributed by atoms with Crippen LogP contribution in [0.5, 0.6) is 0 Å². The van der Waals surface area contributed by atoms with Crippen molar-refractivity contribution in [1.82, 2.24) is 4.57 Å². The second kappa shape index (κ2) is 16.1. The predicted molar refractivity (Wildman–Crippen MR) is 293 cm³/mol. The number of benzene rings is 10. The molecule has 334 valence electrons. The fourth-order valence-electron chi connectivity index (χ4n) is 11.2. The van der Waals surface area contributed by atoms with Gasteiger partial charge in [0.25, 0.3) is 0 Å². The number of hydrogen-bond acceptors (Lipinski definition) is 1. The molecule has 0 radical (unpaired) electrons. The van der Waals surface area contributed by atoms with E-state index < -0.39 is 5.41 Å². The summed E-state index contributed by atoms with van der Waals surface area (Å²) in [6.07, 6.45) is 0. The number of fused-ring (bicyclic) bond motifs is 7. The Morgan fingerprint density at radius 1 is 0.362 bits per heavy atom. The smallest absolute Gasteiger partial charge is 0.0714 e. The quantitative estimate of drug-likeness (QED) is 0.155. The van der Waals surface area contributed by atoms with Crippen molar-refractivity contribution in [3.05, 3.63) is 264 Å². The lowest BCUT2D eigenvalue weighted by Gasteiger charge is -2.34. The highest BCUT2D eigenvalue weighted by molar-refractivity contribution is 6.11. The molecule has 1 aliphatic rings. The van der Waals surface area contributed by atoms with E-state index in [0.717, 1.165) is 22.7 Å². The third-order valence-corrected chi connectivity index (χ3v) is 14.8. The summed E-state index contributed by atoms with van der Waals surface area (Å²) >= 11 is 0. The van der Waals surface area contributed by atoms with Gasteiger partial charge in [0.05, 0.1) is 16.4 Å². The summed E-state index contributed by atoms with van der Waals surface area (Å²) < 4.78 is 2.47. The fraction of sp³-hybridized carbons (Fsp3) is 0.134. The summed E-state index contributed by atoms with van der Waals surface area (Å²) in [5, 5.41) is 4.90. The molecular weight excluding hydrogens is 833 g/mol. The van der Waals surface area contributed by atoms with Gasteiger partial charge in [0.2, 0.25) is 0 Å². The molecule has 0 saturated heterocycles. The van der Waals surface area contributed by atoms with Crippen molar-refractivity contribution in [3.63, 3.8) is 0 Å². The second-order valence-electron chi connectivity index (χ2n) is 21.0. The van der Waals surface area contributed by atoms with Crippen LogP contribution in [0.3, 0.4) is 0 Å². The third-order valence-electron chi connectivity index (χ3n) is 14.8. The first kappa shape index (κ1) is 42.4. The molecule has 1 aliphatic carbocycles. The summed E-state index contributed by atoms with van der Waals surface area (Å²) in [5.74, 6) is 0. The van der Waals surface area contributed by atoms with Crippen LogP contribution in [0, 0.1) is 0 Å². The summed E-state index contributed by atoms with van der Waals surface area (Å²) in [6, 6.07) is 86.2. The number of hydrogen-bond donors (Lipinski definition) is 0. The zero-order valence-corrected chi connectivity index (χ0v) is 40.3. The van der Waals surface area contributed by atoms with E-state index in [4.69, 9.17) is 0 Å². The van der Waals surface area contributed by atoms with Crippen molar-refractivity contribution in [2.75, 3.05) is 4.90 Å². The average molecular weight is 889 g/mol. The SMILES string of the molecule is CC(C)(C)c1ccc(N(c2ccc(C(C)(C)C)cc2)c2ccc3cc(-c4ccc5c(c4)c4ccccc4n5-c4ccc5c(c4)C(c4ccccc4)(c4ccccc4)c4ccccc4-5)ccc3c2)cc1. The van der Waals surface area contributed by atoms with E-state index in [0.29, 0.717) is 0 Å². The van der Waals surface area contributed by atoms with E-state index >= 15 is 0 Å². The summed E-state index contributed by atoms with van der Waals surface area (Å²) in [7, 11) is 0. The topological polar surface area (TPSA) is 8.17 Å². The van der Waals surface area contributed by atoms with Crippen LogP contribution in [0.1, 0.15) is 74.9 Å². The van der Waals surface area contributed by atoms with Gasteiger partial charge in [0, 0.05) is 33.5 Å². The van der Waals surface area contributed by atoms with Crippen molar-refractivity contribution in [1.29, 1.82) is 0 Å². The molecule has 0 N–H and O–H groups in total. The third kappa shape index (κ3) is 7.00. The van der Waals surface area contributed by atoms with E-state index in [1.807, 2.05) is 0 Å². The van der Waals surface area contributed by atoms with Crippen molar-refractivity contribution in [3.8, 4) is 27.9 Å². The van der Waals surface area contributed by atoms with Crippen molar-refractivity contribution in [2.24, 2.45) is 0 Å². The lowest BCUT2D eigenvalue weighted by molar-refractivity contribution is 0.590. The van der Waals surface area contributed by atoms with Gasteiger partial charge in [-0.05, 0) is 150 Å². The van der Waals surface area contributed by atoms with E-state index in [-0.39, 0.29) is 10.8 Å². The molecule has 0 unspecified atom stereocenters. The number of nitrogens with zero attached hydrogens (tertiary/aromatic N) is 2. The standard InChI is InChI=1S/C67H56N2/c1-65(2,3)49-29-34-53(35-30-49)68(54-36-31-50(32-37-54)66(4,5)6)55-33-27-46-41-45(25-26-47(46)42-55)48-28-40-64-60(43-48)59-22-14-16-24-63(59)69(64)56-38-39-58-57-21-13-15-23-61(57)67(62(58)44-56,51-17-9-7-10-18-51)52-19-11-8-12-20-52/h7-44H,1-6H3. The normalized spacial score (nSPS) is 13.2. The van der Waals surface area contributed by atoms with Crippen LogP contribution < -0.4 is 4.90 Å². The minimum Gasteiger partial charge on any atom is -0.310 e. The van der Waals surface area contributed by atoms with Crippen LogP contribution >= 0.6 is 0 Å². The molecule has 1 heterocycles. The largest absolute Gasteiger partial charge is 0.310 e. The van der Waals surface area contributed by atoms with Crippen LogP contribution in [-0.2, 0) is 16.2 Å². The lowest BCUT2D eigenvalue weighted by Crippen LogP contribution is -2.28. The fourth-order valence-corrected chi connectivity index (χ4v) is 11.2. The van der Waals surface area contributed by atoms with Crippen molar-refractivity contribution >= 4 is 49.6 Å². The van der Waals surface area contributed by atoms with E-state index in [2.05, 4.69) is 282 Å². The first-order chi connectivity index (χ1) is 33.5. The molecule has 0 spiro atoms. The predicted octanol–water partition coefficient (Wildman–Crippen LogP) is 18.0. The summed E-state index contributed by atoms with van der Waals surface area (Å²) in [6.45, 7) is 13.6. The molecule has 0 amide bonds. The molecule has 69 heavy (non-hydrogen) atoms. The molecule has 0 bridgehead atoms. The number of anilines is 3. The average Bonchev–Trinajstić information content (AvgIpc) is 3.86. The van der Waals surface area contributed by atoms with Gasteiger partial charge in [-0.15, -0.1) is 0 Å². The highest BCUT2D eigenvalue weighted by Crippen LogP contribution is 2.56. The van der Waals surface area contributed by atoms with Gasteiger partial charge in [-0.1, -0.05) is 199 Å². The highest BCUT2D eigenvalue weighted by Gasteiger charge is 2.46. The zero-order chi connectivity index (χ0) is 47.1. The van der Waals surface area contributed by atoms with Crippen LogP contribution in [0.25, 0.3) is 60.5 Å². The molecule has 2 nitrogen and oxygen atoms in total. The molecule has 11 aromatic rings. The highest BCUT2D eigenvalue weighted by atomic mass is 15.1.